The molecule has 1 saturated carbocycles. The van der Waals surface area contributed by atoms with Gasteiger partial charge < -0.3 is 9.15 Å². The number of hydrogen-bond donors (Lipinski definition) is 0. The lowest BCUT2D eigenvalue weighted by atomic mass is 9.76. The quantitative estimate of drug-likeness (QED) is 0.771. The third-order valence-electron chi connectivity index (χ3n) is 4.52. The van der Waals surface area contributed by atoms with E-state index < -0.39 is 0 Å². The van der Waals surface area contributed by atoms with Gasteiger partial charge in [0.2, 0.25) is 0 Å². The number of rotatable bonds is 4. The van der Waals surface area contributed by atoms with Gasteiger partial charge in [-0.2, -0.15) is 0 Å². The molecule has 3 heteroatoms. The van der Waals surface area contributed by atoms with Crippen molar-refractivity contribution in [3.05, 3.63) is 36.1 Å². The molecule has 2 aromatic rings. The first kappa shape index (κ1) is 14.3. The van der Waals surface area contributed by atoms with E-state index in [-0.39, 0.29) is 18.5 Å². The van der Waals surface area contributed by atoms with Crippen molar-refractivity contribution >= 4 is 16.8 Å². The molecule has 0 radical (unpaired) electrons. The number of ether oxygens (including phenoxy) is 1. The molecule has 0 spiro atoms. The summed E-state index contributed by atoms with van der Waals surface area (Å²) in [5, 5.41) is 0.871. The minimum Gasteiger partial charge on any atom is -0.464 e. The highest BCUT2D eigenvalue weighted by molar-refractivity contribution is 6.07. The van der Waals surface area contributed by atoms with Crippen molar-refractivity contribution in [1.82, 2.24) is 0 Å². The Morgan fingerprint density at radius 1 is 1.29 bits per heavy atom. The Kier molecular flexibility index (Phi) is 3.85. The highest BCUT2D eigenvalue weighted by Crippen LogP contribution is 2.36. The molecule has 1 heterocycles. The first-order valence-corrected chi connectivity index (χ1v) is 7.66. The molecule has 0 amide bonds. The molecule has 3 rings (SSSR count). The van der Waals surface area contributed by atoms with E-state index in [0.717, 1.165) is 23.8 Å². The lowest BCUT2D eigenvalue weighted by Gasteiger charge is -2.34. The highest BCUT2D eigenvalue weighted by atomic mass is 16.5. The van der Waals surface area contributed by atoms with Crippen molar-refractivity contribution in [2.75, 3.05) is 6.61 Å². The molecule has 0 atom stereocenters. The first-order valence-electron chi connectivity index (χ1n) is 7.66. The molecule has 1 aromatic carbocycles. The molecule has 0 aliphatic heterocycles. The van der Waals surface area contributed by atoms with Crippen LogP contribution in [-0.4, -0.2) is 18.5 Å². The van der Waals surface area contributed by atoms with Crippen LogP contribution in [0.25, 0.3) is 11.0 Å². The fraction of sp³-hybridized carbons (Fsp3) is 0.500. The van der Waals surface area contributed by atoms with Crippen molar-refractivity contribution in [3.8, 4) is 0 Å². The summed E-state index contributed by atoms with van der Waals surface area (Å²) in [6, 6.07) is 7.60. The molecule has 1 aliphatic rings. The molecule has 0 N–H and O–H groups in total. The number of hydrogen-bond acceptors (Lipinski definition) is 3. The van der Waals surface area contributed by atoms with Crippen molar-refractivity contribution in [2.24, 2.45) is 5.41 Å². The number of benzene rings is 1. The molecule has 1 fully saturated rings. The number of fused-ring (bicyclic) bond motifs is 1. The Balaban J connectivity index is 1.60. The molecule has 0 unspecified atom stereocenters. The maximum absolute atomic E-state index is 12.3. The van der Waals surface area contributed by atoms with Crippen LogP contribution in [0.15, 0.2) is 34.9 Å². The topological polar surface area (TPSA) is 39.4 Å². The van der Waals surface area contributed by atoms with Crippen molar-refractivity contribution in [2.45, 2.75) is 45.6 Å². The summed E-state index contributed by atoms with van der Waals surface area (Å²) >= 11 is 0. The summed E-state index contributed by atoms with van der Waals surface area (Å²) in [6.45, 7) is 4.74. The maximum Gasteiger partial charge on any atom is 0.192 e. The van der Waals surface area contributed by atoms with E-state index in [2.05, 4.69) is 13.8 Å². The number of para-hydroxylation sites is 1. The molecule has 112 valence electrons. The Morgan fingerprint density at radius 2 is 2.00 bits per heavy atom. The zero-order chi connectivity index (χ0) is 14.9. The minimum atomic E-state index is 0.00443. The summed E-state index contributed by atoms with van der Waals surface area (Å²) in [5.41, 5.74) is 1.80. The normalized spacial score (nSPS) is 19.0. The van der Waals surface area contributed by atoms with E-state index in [1.165, 1.54) is 12.8 Å². The summed E-state index contributed by atoms with van der Waals surface area (Å²) in [5.74, 6) is 0.00443. The second kappa shape index (κ2) is 5.64. The van der Waals surface area contributed by atoms with Gasteiger partial charge in [0.05, 0.1) is 11.7 Å². The van der Waals surface area contributed by atoms with E-state index >= 15 is 0 Å². The second-order valence-electron chi connectivity index (χ2n) is 6.74. The van der Waals surface area contributed by atoms with Crippen molar-refractivity contribution < 1.29 is 13.9 Å². The molecule has 1 aromatic heterocycles. The second-order valence-corrected chi connectivity index (χ2v) is 6.74. The Morgan fingerprint density at radius 3 is 2.76 bits per heavy atom. The van der Waals surface area contributed by atoms with Gasteiger partial charge in [0.15, 0.2) is 5.78 Å². The van der Waals surface area contributed by atoms with Gasteiger partial charge in [0.1, 0.15) is 18.5 Å². The SMILES string of the molecule is CC1(C)CCC(OCC(=O)c2coc3ccccc23)CC1. The fourth-order valence-corrected chi connectivity index (χ4v) is 3.00. The van der Waals surface area contributed by atoms with E-state index in [0.29, 0.717) is 11.0 Å². The predicted octanol–water partition coefficient (Wildman–Crippen LogP) is 4.60. The van der Waals surface area contributed by atoms with E-state index in [4.69, 9.17) is 9.15 Å². The third-order valence-corrected chi connectivity index (χ3v) is 4.52. The van der Waals surface area contributed by atoms with Crippen LogP contribution < -0.4 is 0 Å². The van der Waals surface area contributed by atoms with E-state index in [1.54, 1.807) is 6.26 Å². The number of carbonyl (C=O) groups is 1. The maximum atomic E-state index is 12.3. The van der Waals surface area contributed by atoms with Gasteiger partial charge in [-0.1, -0.05) is 32.0 Å². The van der Waals surface area contributed by atoms with Gasteiger partial charge in [-0.3, -0.25) is 4.79 Å². The Labute approximate surface area is 125 Å². The smallest absolute Gasteiger partial charge is 0.192 e. The average Bonchev–Trinajstić information content (AvgIpc) is 2.90. The molecular formula is C18H22O3. The zero-order valence-corrected chi connectivity index (χ0v) is 12.7. The number of carbonyl (C=O) groups excluding carboxylic acids is 1. The van der Waals surface area contributed by atoms with Gasteiger partial charge in [-0.25, -0.2) is 0 Å². The van der Waals surface area contributed by atoms with Crippen molar-refractivity contribution in [3.63, 3.8) is 0 Å². The summed E-state index contributed by atoms with van der Waals surface area (Å²) in [6.07, 6.45) is 6.19. The number of furan rings is 1. The van der Waals surface area contributed by atoms with Gasteiger partial charge in [0, 0.05) is 5.39 Å². The lowest BCUT2D eigenvalue weighted by Crippen LogP contribution is -2.28. The highest BCUT2D eigenvalue weighted by Gasteiger charge is 2.27. The first-order chi connectivity index (χ1) is 10.1. The van der Waals surface area contributed by atoms with Crippen LogP contribution >= 0.6 is 0 Å². The molecule has 21 heavy (non-hydrogen) atoms. The number of Topliss-reactive ketones (excluding diaryl/α,β-unsaturated/α-hetero) is 1. The van der Waals surface area contributed by atoms with Gasteiger partial charge >= 0.3 is 0 Å². The van der Waals surface area contributed by atoms with Crippen LogP contribution in [-0.2, 0) is 4.74 Å². The van der Waals surface area contributed by atoms with Crippen molar-refractivity contribution in [1.29, 1.82) is 0 Å². The van der Waals surface area contributed by atoms with Crippen LogP contribution in [0.5, 0.6) is 0 Å². The monoisotopic (exact) mass is 286 g/mol. The van der Waals surface area contributed by atoms with Crippen LogP contribution in [0.1, 0.15) is 49.9 Å². The molecule has 3 nitrogen and oxygen atoms in total. The number of ketones is 1. The van der Waals surface area contributed by atoms with Gasteiger partial charge in [0.25, 0.3) is 0 Å². The molecule has 0 bridgehead atoms. The zero-order valence-electron chi connectivity index (χ0n) is 12.7. The van der Waals surface area contributed by atoms with Gasteiger partial charge in [-0.05, 0) is 37.2 Å². The van der Waals surface area contributed by atoms with E-state index in [9.17, 15) is 4.79 Å². The predicted molar refractivity (Wildman–Crippen MR) is 82.5 cm³/mol. The average molecular weight is 286 g/mol. The summed E-state index contributed by atoms with van der Waals surface area (Å²) in [4.78, 5) is 12.3. The lowest BCUT2D eigenvalue weighted by molar-refractivity contribution is 0.00865. The summed E-state index contributed by atoms with van der Waals surface area (Å²) in [7, 11) is 0. The molecule has 1 aliphatic carbocycles. The van der Waals surface area contributed by atoms with Crippen LogP contribution in [0.3, 0.4) is 0 Å². The van der Waals surface area contributed by atoms with Crippen LogP contribution in [0, 0.1) is 5.41 Å². The van der Waals surface area contributed by atoms with Crippen LogP contribution in [0.2, 0.25) is 0 Å². The molecular weight excluding hydrogens is 264 g/mol. The standard InChI is InChI=1S/C18H22O3/c1-18(2)9-7-13(8-10-18)20-12-16(19)15-11-21-17-6-4-3-5-14(15)17/h3-6,11,13H,7-10,12H2,1-2H3. The van der Waals surface area contributed by atoms with E-state index in [1.807, 2.05) is 24.3 Å². The Hall–Kier alpha value is -1.61. The largest absolute Gasteiger partial charge is 0.464 e. The molecule has 0 saturated heterocycles. The summed E-state index contributed by atoms with van der Waals surface area (Å²) < 4.78 is 11.2. The minimum absolute atomic E-state index is 0.00443. The van der Waals surface area contributed by atoms with Crippen LogP contribution in [0.4, 0.5) is 0 Å². The third kappa shape index (κ3) is 3.18. The fourth-order valence-electron chi connectivity index (χ4n) is 3.00. The Bertz CT molecular complexity index is 629. The van der Waals surface area contributed by atoms with Gasteiger partial charge in [-0.15, -0.1) is 0 Å².